The molecule has 0 aromatic heterocycles. The van der Waals surface area contributed by atoms with Gasteiger partial charge in [0.05, 0.1) is 6.26 Å². The first-order chi connectivity index (χ1) is 7.10. The van der Waals surface area contributed by atoms with Crippen molar-refractivity contribution in [3.05, 3.63) is 24.0 Å². The maximum atomic E-state index is 10.8. The van der Waals surface area contributed by atoms with Gasteiger partial charge in [0.2, 0.25) is 0 Å². The minimum absolute atomic E-state index is 0.194. The number of carbonyl (C=O) groups excluding carboxylic acids is 1. The fraction of sp³-hybridized carbons (Fsp3) is 0.615. The summed E-state index contributed by atoms with van der Waals surface area (Å²) in [4.78, 5) is 10.8. The van der Waals surface area contributed by atoms with Gasteiger partial charge in [-0.2, -0.15) is 0 Å². The topological polar surface area (TPSA) is 26.3 Å². The summed E-state index contributed by atoms with van der Waals surface area (Å²) in [6.07, 6.45) is 8.30. The maximum Gasteiger partial charge on any atom is 0.310 e. The molecule has 0 heterocycles. The minimum atomic E-state index is -0.194. The number of esters is 1. The van der Waals surface area contributed by atoms with E-state index < -0.39 is 0 Å². The van der Waals surface area contributed by atoms with Crippen LogP contribution in [0.5, 0.6) is 0 Å². The Labute approximate surface area is 93.0 Å². The molecule has 0 aromatic carbocycles. The summed E-state index contributed by atoms with van der Waals surface area (Å²) in [5.41, 5.74) is 1.14. The zero-order valence-corrected chi connectivity index (χ0v) is 10.2. The molecule has 0 aromatic rings. The molecule has 86 valence electrons. The Morgan fingerprint density at radius 3 is 2.60 bits per heavy atom. The van der Waals surface area contributed by atoms with Gasteiger partial charge >= 0.3 is 5.97 Å². The van der Waals surface area contributed by atoms with Crippen LogP contribution in [-0.4, -0.2) is 5.97 Å². The quantitative estimate of drug-likeness (QED) is 0.378. The molecule has 0 N–H and O–H groups in total. The van der Waals surface area contributed by atoms with Crippen LogP contribution in [0.2, 0.25) is 0 Å². The van der Waals surface area contributed by atoms with E-state index in [1.807, 2.05) is 13.0 Å². The molecule has 0 aliphatic rings. The molecule has 0 saturated heterocycles. The van der Waals surface area contributed by atoms with E-state index in [1.54, 1.807) is 6.92 Å². The highest BCUT2D eigenvalue weighted by Gasteiger charge is 1.96. The molecular formula is C13H22O2. The Morgan fingerprint density at radius 1 is 1.40 bits per heavy atom. The Hall–Kier alpha value is -1.05. The van der Waals surface area contributed by atoms with Crippen molar-refractivity contribution in [1.82, 2.24) is 0 Å². The third-order valence-corrected chi connectivity index (χ3v) is 2.11. The van der Waals surface area contributed by atoms with E-state index in [4.69, 9.17) is 4.74 Å². The predicted molar refractivity (Wildman–Crippen MR) is 63.4 cm³/mol. The molecule has 0 fully saturated rings. The first-order valence-corrected chi connectivity index (χ1v) is 5.64. The van der Waals surface area contributed by atoms with Gasteiger partial charge < -0.3 is 4.74 Å². The number of rotatable bonds is 6. The molecule has 0 rings (SSSR count). The summed E-state index contributed by atoms with van der Waals surface area (Å²) in [5.74, 6) is 0.391. The van der Waals surface area contributed by atoms with Crippen LogP contribution in [-0.2, 0) is 9.53 Å². The van der Waals surface area contributed by atoms with E-state index in [9.17, 15) is 4.79 Å². The molecule has 0 aliphatic carbocycles. The van der Waals surface area contributed by atoms with Crippen molar-refractivity contribution in [3.8, 4) is 0 Å². The molecule has 0 saturated carbocycles. The van der Waals surface area contributed by atoms with Crippen LogP contribution in [0, 0.1) is 5.92 Å². The van der Waals surface area contributed by atoms with Crippen molar-refractivity contribution in [2.45, 2.75) is 47.0 Å². The molecule has 0 aliphatic heterocycles. The van der Waals surface area contributed by atoms with Gasteiger partial charge in [0, 0.05) is 6.42 Å². The number of carbonyl (C=O) groups is 1. The molecule has 2 nitrogen and oxygen atoms in total. The lowest BCUT2D eigenvalue weighted by atomic mass is 10.0. The second-order valence-electron chi connectivity index (χ2n) is 3.82. The van der Waals surface area contributed by atoms with Gasteiger partial charge in [0.15, 0.2) is 0 Å². The zero-order chi connectivity index (χ0) is 11.7. The smallest absolute Gasteiger partial charge is 0.310 e. The van der Waals surface area contributed by atoms with Crippen molar-refractivity contribution >= 4 is 5.97 Å². The van der Waals surface area contributed by atoms with Crippen molar-refractivity contribution < 1.29 is 9.53 Å². The van der Waals surface area contributed by atoms with Crippen LogP contribution in [0.4, 0.5) is 0 Å². The van der Waals surface area contributed by atoms with E-state index in [-0.39, 0.29) is 5.97 Å². The fourth-order valence-electron chi connectivity index (χ4n) is 1.34. The number of allylic oxidation sites excluding steroid dienone is 3. The van der Waals surface area contributed by atoms with Crippen LogP contribution in [0.1, 0.15) is 47.0 Å². The van der Waals surface area contributed by atoms with Crippen LogP contribution in [0.25, 0.3) is 0 Å². The van der Waals surface area contributed by atoms with Crippen LogP contribution < -0.4 is 0 Å². The first kappa shape index (κ1) is 13.9. The summed E-state index contributed by atoms with van der Waals surface area (Å²) < 4.78 is 4.84. The van der Waals surface area contributed by atoms with E-state index >= 15 is 0 Å². The summed E-state index contributed by atoms with van der Waals surface area (Å²) in [5, 5.41) is 0. The first-order valence-electron chi connectivity index (χ1n) is 5.64. The lowest BCUT2D eigenvalue weighted by Crippen LogP contribution is -1.95. The van der Waals surface area contributed by atoms with E-state index in [2.05, 4.69) is 19.9 Å². The molecule has 0 spiro atoms. The average molecular weight is 210 g/mol. The van der Waals surface area contributed by atoms with Crippen molar-refractivity contribution in [2.24, 2.45) is 5.92 Å². The molecular weight excluding hydrogens is 188 g/mol. The molecule has 0 amide bonds. The molecule has 1 unspecified atom stereocenters. The Bertz CT molecular complexity index is 239. The lowest BCUT2D eigenvalue weighted by molar-refractivity contribution is -0.137. The second-order valence-corrected chi connectivity index (χ2v) is 3.82. The number of ether oxygens (including phenoxy) is 1. The number of hydrogen-bond donors (Lipinski definition) is 0. The van der Waals surface area contributed by atoms with Gasteiger partial charge in [-0.05, 0) is 25.3 Å². The molecule has 0 radical (unpaired) electrons. The minimum Gasteiger partial charge on any atom is -0.434 e. The molecule has 15 heavy (non-hydrogen) atoms. The average Bonchev–Trinajstić information content (AvgIpc) is 2.17. The van der Waals surface area contributed by atoms with Gasteiger partial charge in [-0.1, -0.05) is 38.8 Å². The van der Waals surface area contributed by atoms with Crippen molar-refractivity contribution in [3.63, 3.8) is 0 Å². The van der Waals surface area contributed by atoms with E-state index in [1.165, 1.54) is 19.1 Å². The normalized spacial score (nSPS) is 14.3. The summed E-state index contributed by atoms with van der Waals surface area (Å²) in [6, 6.07) is 0. The highest BCUT2D eigenvalue weighted by molar-refractivity contribution is 5.69. The van der Waals surface area contributed by atoms with Gasteiger partial charge in [0.1, 0.15) is 0 Å². The lowest BCUT2D eigenvalue weighted by Gasteiger charge is -2.03. The highest BCUT2D eigenvalue weighted by Crippen LogP contribution is 2.10. The fourth-order valence-corrected chi connectivity index (χ4v) is 1.34. The van der Waals surface area contributed by atoms with Crippen molar-refractivity contribution in [2.75, 3.05) is 0 Å². The SMILES string of the molecule is CCCC(C)/C=C(C)/C=C/OC(=O)CC. The Balaban J connectivity index is 3.99. The van der Waals surface area contributed by atoms with Gasteiger partial charge in [-0.15, -0.1) is 0 Å². The molecule has 1 atom stereocenters. The van der Waals surface area contributed by atoms with Crippen LogP contribution in [0.15, 0.2) is 24.0 Å². The van der Waals surface area contributed by atoms with Gasteiger partial charge in [0.25, 0.3) is 0 Å². The predicted octanol–water partition coefficient (Wildman–Crippen LogP) is 3.84. The van der Waals surface area contributed by atoms with E-state index in [0.717, 1.165) is 5.57 Å². The Morgan fingerprint density at radius 2 is 2.07 bits per heavy atom. The van der Waals surface area contributed by atoms with Crippen LogP contribution in [0.3, 0.4) is 0 Å². The van der Waals surface area contributed by atoms with Crippen LogP contribution >= 0.6 is 0 Å². The largest absolute Gasteiger partial charge is 0.434 e. The molecule has 2 heteroatoms. The van der Waals surface area contributed by atoms with E-state index in [0.29, 0.717) is 12.3 Å². The third-order valence-electron chi connectivity index (χ3n) is 2.11. The maximum absolute atomic E-state index is 10.8. The standard InChI is InChI=1S/C13H22O2/c1-5-7-11(3)10-12(4)8-9-15-13(14)6-2/h8-11H,5-7H2,1-4H3/b9-8+,12-10+. The van der Waals surface area contributed by atoms with Gasteiger partial charge in [-0.3, -0.25) is 4.79 Å². The van der Waals surface area contributed by atoms with Crippen molar-refractivity contribution in [1.29, 1.82) is 0 Å². The Kier molecular flexibility index (Phi) is 7.69. The summed E-state index contributed by atoms with van der Waals surface area (Å²) >= 11 is 0. The highest BCUT2D eigenvalue weighted by atomic mass is 16.5. The number of hydrogen-bond acceptors (Lipinski definition) is 2. The zero-order valence-electron chi connectivity index (χ0n) is 10.2. The molecule has 0 bridgehead atoms. The monoisotopic (exact) mass is 210 g/mol. The summed E-state index contributed by atoms with van der Waals surface area (Å²) in [6.45, 7) is 8.17. The third kappa shape index (κ3) is 7.98. The summed E-state index contributed by atoms with van der Waals surface area (Å²) in [7, 11) is 0. The second kappa shape index (κ2) is 8.27. The van der Waals surface area contributed by atoms with Gasteiger partial charge in [-0.25, -0.2) is 0 Å².